The topological polar surface area (TPSA) is 58.7 Å². The van der Waals surface area contributed by atoms with Crippen molar-refractivity contribution in [3.63, 3.8) is 0 Å². The summed E-state index contributed by atoms with van der Waals surface area (Å²) in [5, 5.41) is 12.3. The Labute approximate surface area is 70.4 Å². The van der Waals surface area contributed by atoms with E-state index < -0.39 is 5.92 Å². The fourth-order valence-electron chi connectivity index (χ4n) is 0.857. The number of nitrogens with zero attached hydrogens (tertiary/aromatic N) is 3. The van der Waals surface area contributed by atoms with E-state index in [1.807, 2.05) is 6.07 Å². The normalized spacial score (nSPS) is 12.1. The Morgan fingerprint density at radius 1 is 1.83 bits per heavy atom. The van der Waals surface area contributed by atoms with Gasteiger partial charge in [-0.05, 0) is 6.92 Å². The van der Waals surface area contributed by atoms with Crippen molar-refractivity contribution in [2.24, 2.45) is 13.0 Å². The number of rotatable bonds is 2. The summed E-state index contributed by atoms with van der Waals surface area (Å²) in [5.41, 5.74) is 0.492. The molecule has 0 saturated heterocycles. The number of hydrogen-bond acceptors (Lipinski definition) is 3. The number of nitriles is 1. The first-order valence-electron chi connectivity index (χ1n) is 3.57. The molecule has 12 heavy (non-hydrogen) atoms. The number of Topliss-reactive ketones (excluding diaryl/α,β-unsaturated/α-hetero) is 1. The van der Waals surface area contributed by atoms with Gasteiger partial charge in [-0.25, -0.2) is 0 Å². The van der Waals surface area contributed by atoms with E-state index in [-0.39, 0.29) is 5.78 Å². The van der Waals surface area contributed by atoms with Crippen LogP contribution in [0, 0.1) is 17.2 Å². The minimum Gasteiger partial charge on any atom is -0.293 e. The lowest BCUT2D eigenvalue weighted by Gasteiger charge is -1.95. The van der Waals surface area contributed by atoms with Gasteiger partial charge in [-0.2, -0.15) is 10.4 Å². The van der Waals surface area contributed by atoms with Crippen LogP contribution in [0.15, 0.2) is 12.4 Å². The molecule has 0 N–H and O–H groups in total. The number of ketones is 1. The minimum absolute atomic E-state index is 0.175. The number of carbonyl (C=O) groups excluding carboxylic acids is 1. The molecule has 0 bridgehead atoms. The second-order valence-corrected chi connectivity index (χ2v) is 2.62. The molecule has 62 valence electrons. The maximum absolute atomic E-state index is 11.3. The average molecular weight is 163 g/mol. The van der Waals surface area contributed by atoms with E-state index in [0.717, 1.165) is 0 Å². The highest BCUT2D eigenvalue weighted by atomic mass is 16.1. The fraction of sp³-hybridized carbons (Fsp3) is 0.375. The van der Waals surface area contributed by atoms with Crippen molar-refractivity contribution in [3.8, 4) is 6.07 Å². The third kappa shape index (κ3) is 1.51. The Morgan fingerprint density at radius 2 is 2.50 bits per heavy atom. The molecule has 0 aromatic carbocycles. The molecule has 1 atom stereocenters. The monoisotopic (exact) mass is 163 g/mol. The van der Waals surface area contributed by atoms with E-state index in [0.29, 0.717) is 5.56 Å². The molecule has 1 rings (SSSR count). The van der Waals surface area contributed by atoms with Crippen molar-refractivity contribution >= 4 is 5.78 Å². The highest BCUT2D eigenvalue weighted by molar-refractivity contribution is 5.98. The summed E-state index contributed by atoms with van der Waals surface area (Å²) in [6.45, 7) is 1.58. The first-order valence-corrected chi connectivity index (χ1v) is 3.57. The van der Waals surface area contributed by atoms with Crippen LogP contribution in [0.5, 0.6) is 0 Å². The van der Waals surface area contributed by atoms with Crippen LogP contribution in [-0.4, -0.2) is 15.6 Å². The van der Waals surface area contributed by atoms with Gasteiger partial charge in [-0.3, -0.25) is 9.48 Å². The number of aromatic nitrogens is 2. The van der Waals surface area contributed by atoms with Crippen LogP contribution in [0.4, 0.5) is 0 Å². The van der Waals surface area contributed by atoms with E-state index >= 15 is 0 Å². The van der Waals surface area contributed by atoms with Gasteiger partial charge in [-0.15, -0.1) is 0 Å². The smallest absolute Gasteiger partial charge is 0.182 e. The molecule has 4 nitrogen and oxygen atoms in total. The van der Waals surface area contributed by atoms with Gasteiger partial charge in [0.1, 0.15) is 5.92 Å². The van der Waals surface area contributed by atoms with Crippen LogP contribution in [0.3, 0.4) is 0 Å². The molecule has 0 aliphatic heterocycles. The molecule has 1 aromatic heterocycles. The summed E-state index contributed by atoms with van der Waals surface area (Å²) in [5.74, 6) is -0.764. The van der Waals surface area contributed by atoms with Crippen LogP contribution in [-0.2, 0) is 7.05 Å². The van der Waals surface area contributed by atoms with Crippen molar-refractivity contribution in [2.75, 3.05) is 0 Å². The molecular formula is C8H9N3O. The van der Waals surface area contributed by atoms with Crippen molar-refractivity contribution < 1.29 is 4.79 Å². The number of hydrogen-bond donors (Lipinski definition) is 0. The lowest BCUT2D eigenvalue weighted by Crippen LogP contribution is -2.07. The van der Waals surface area contributed by atoms with Gasteiger partial charge in [0, 0.05) is 13.2 Å². The molecule has 0 saturated carbocycles. The third-order valence-corrected chi connectivity index (χ3v) is 1.58. The van der Waals surface area contributed by atoms with Gasteiger partial charge in [0.05, 0.1) is 17.8 Å². The van der Waals surface area contributed by atoms with E-state index in [1.165, 1.54) is 10.9 Å². The zero-order valence-corrected chi connectivity index (χ0v) is 6.98. The average Bonchev–Trinajstić information content (AvgIpc) is 2.49. The van der Waals surface area contributed by atoms with Crippen LogP contribution in [0.25, 0.3) is 0 Å². The van der Waals surface area contributed by atoms with Crippen LogP contribution in [0.2, 0.25) is 0 Å². The first-order chi connectivity index (χ1) is 5.65. The molecular weight excluding hydrogens is 154 g/mol. The zero-order valence-electron chi connectivity index (χ0n) is 6.98. The second-order valence-electron chi connectivity index (χ2n) is 2.62. The van der Waals surface area contributed by atoms with Gasteiger partial charge in [0.25, 0.3) is 0 Å². The Balaban J connectivity index is 2.87. The summed E-state index contributed by atoms with van der Waals surface area (Å²) in [7, 11) is 1.73. The molecule has 0 aliphatic rings. The standard InChI is InChI=1S/C8H9N3O/c1-6(3-9)8(12)7-4-10-11(2)5-7/h4-6H,1-2H3/t6-/m0/s1. The van der Waals surface area contributed by atoms with Crippen molar-refractivity contribution in [1.82, 2.24) is 9.78 Å². The Hall–Kier alpha value is -1.63. The SMILES string of the molecule is C[C@@H](C#N)C(=O)c1cnn(C)c1. The highest BCUT2D eigenvalue weighted by Crippen LogP contribution is 2.05. The molecule has 0 unspecified atom stereocenters. The van der Waals surface area contributed by atoms with Gasteiger partial charge < -0.3 is 0 Å². The molecule has 0 fully saturated rings. The molecule has 0 amide bonds. The number of aryl methyl sites for hydroxylation is 1. The maximum atomic E-state index is 11.3. The third-order valence-electron chi connectivity index (χ3n) is 1.58. The largest absolute Gasteiger partial charge is 0.293 e. The van der Waals surface area contributed by atoms with Crippen molar-refractivity contribution in [2.45, 2.75) is 6.92 Å². The quantitative estimate of drug-likeness (QED) is 0.605. The summed E-state index contributed by atoms with van der Waals surface area (Å²) < 4.78 is 1.54. The zero-order chi connectivity index (χ0) is 9.14. The van der Waals surface area contributed by atoms with Crippen LogP contribution >= 0.6 is 0 Å². The molecule has 1 heterocycles. The lowest BCUT2D eigenvalue weighted by molar-refractivity contribution is 0.0956. The maximum Gasteiger partial charge on any atom is 0.182 e. The van der Waals surface area contributed by atoms with Crippen molar-refractivity contribution in [1.29, 1.82) is 5.26 Å². The summed E-state index contributed by atoms with van der Waals surface area (Å²) in [6.07, 6.45) is 3.08. The molecule has 1 aromatic rings. The van der Waals surface area contributed by atoms with Gasteiger partial charge in [0.15, 0.2) is 5.78 Å². The van der Waals surface area contributed by atoms with E-state index in [1.54, 1.807) is 20.2 Å². The van der Waals surface area contributed by atoms with Crippen molar-refractivity contribution in [3.05, 3.63) is 18.0 Å². The van der Waals surface area contributed by atoms with Crippen LogP contribution < -0.4 is 0 Å². The van der Waals surface area contributed by atoms with E-state index in [4.69, 9.17) is 5.26 Å². The predicted molar refractivity (Wildman–Crippen MR) is 42.3 cm³/mol. The van der Waals surface area contributed by atoms with Gasteiger partial charge in [0.2, 0.25) is 0 Å². The predicted octanol–water partition coefficient (Wildman–Crippen LogP) is 0.762. The van der Waals surface area contributed by atoms with E-state index in [9.17, 15) is 4.79 Å². The second kappa shape index (κ2) is 3.18. The molecule has 0 spiro atoms. The Kier molecular flexibility index (Phi) is 2.24. The minimum atomic E-state index is -0.589. The van der Waals surface area contributed by atoms with Gasteiger partial charge >= 0.3 is 0 Å². The summed E-state index contributed by atoms with van der Waals surface area (Å²) in [4.78, 5) is 11.3. The first kappa shape index (κ1) is 8.47. The van der Waals surface area contributed by atoms with E-state index in [2.05, 4.69) is 5.10 Å². The lowest BCUT2D eigenvalue weighted by atomic mass is 10.0. The molecule has 0 radical (unpaired) electrons. The Bertz CT molecular complexity index is 334. The summed E-state index contributed by atoms with van der Waals surface area (Å²) >= 11 is 0. The summed E-state index contributed by atoms with van der Waals surface area (Å²) in [6, 6.07) is 1.89. The number of carbonyl (C=O) groups is 1. The Morgan fingerprint density at radius 3 is 2.92 bits per heavy atom. The van der Waals surface area contributed by atoms with Crippen LogP contribution in [0.1, 0.15) is 17.3 Å². The highest BCUT2D eigenvalue weighted by Gasteiger charge is 2.15. The molecule has 4 heteroatoms. The van der Waals surface area contributed by atoms with Gasteiger partial charge in [-0.1, -0.05) is 0 Å². The molecule has 0 aliphatic carbocycles. The fourth-order valence-corrected chi connectivity index (χ4v) is 0.857.